The highest BCUT2D eigenvalue weighted by atomic mass is 32.2. The Hall–Kier alpha value is -2.12. The summed E-state index contributed by atoms with van der Waals surface area (Å²) in [5.41, 5.74) is 0.0822. The molecule has 1 aromatic rings. The zero-order valence-corrected chi connectivity index (χ0v) is 16.9. The minimum atomic E-state index is -4.85. The molecule has 2 aliphatic rings. The van der Waals surface area contributed by atoms with Crippen molar-refractivity contribution in [3.8, 4) is 11.5 Å². The number of carbonyl (C=O) groups excluding carboxylic acids is 1. The van der Waals surface area contributed by atoms with Crippen molar-refractivity contribution in [2.24, 2.45) is 5.92 Å². The SMILES string of the molecule is CN(C)S(=O)(=O)NC1CCC(C(=O)Nc2ccc3c(c2)OC(F)(F)C(F)(F)O3)CC1. The first-order chi connectivity index (χ1) is 13.8. The molecular weight excluding hydrogens is 434 g/mol. The summed E-state index contributed by atoms with van der Waals surface area (Å²) in [6, 6.07) is 2.92. The Morgan fingerprint density at radius 1 is 1.03 bits per heavy atom. The Morgan fingerprint density at radius 2 is 1.60 bits per heavy atom. The van der Waals surface area contributed by atoms with Gasteiger partial charge in [-0.05, 0) is 37.8 Å². The topological polar surface area (TPSA) is 97.0 Å². The summed E-state index contributed by atoms with van der Waals surface area (Å²) in [7, 11) is -0.751. The maximum atomic E-state index is 13.3. The third kappa shape index (κ3) is 4.62. The van der Waals surface area contributed by atoms with E-state index in [2.05, 4.69) is 19.5 Å². The maximum Gasteiger partial charge on any atom is 0.507 e. The number of hydrogen-bond acceptors (Lipinski definition) is 5. The average molecular weight is 455 g/mol. The average Bonchev–Trinajstić information content (AvgIpc) is 2.62. The van der Waals surface area contributed by atoms with Crippen LogP contribution in [0.3, 0.4) is 0 Å². The van der Waals surface area contributed by atoms with Crippen LogP contribution in [-0.2, 0) is 15.0 Å². The van der Waals surface area contributed by atoms with Gasteiger partial charge in [-0.3, -0.25) is 4.79 Å². The Kier molecular flexibility index (Phi) is 5.91. The van der Waals surface area contributed by atoms with E-state index in [1.54, 1.807) is 0 Å². The molecule has 1 aromatic carbocycles. The van der Waals surface area contributed by atoms with Crippen molar-refractivity contribution < 1.29 is 40.2 Å². The lowest BCUT2D eigenvalue weighted by Gasteiger charge is -2.32. The fourth-order valence-electron chi connectivity index (χ4n) is 3.18. The largest absolute Gasteiger partial charge is 0.507 e. The number of alkyl halides is 4. The molecular formula is C17H21F4N3O5S. The van der Waals surface area contributed by atoms with Crippen LogP contribution in [0.5, 0.6) is 11.5 Å². The van der Waals surface area contributed by atoms with Crippen LogP contribution < -0.4 is 19.5 Å². The maximum absolute atomic E-state index is 13.3. The van der Waals surface area contributed by atoms with Gasteiger partial charge in [0.1, 0.15) is 0 Å². The van der Waals surface area contributed by atoms with Gasteiger partial charge < -0.3 is 14.8 Å². The molecule has 8 nitrogen and oxygen atoms in total. The number of nitrogens with zero attached hydrogens (tertiary/aromatic N) is 1. The van der Waals surface area contributed by atoms with Gasteiger partial charge in [-0.25, -0.2) is 0 Å². The molecule has 1 fully saturated rings. The number of halogens is 4. The molecule has 168 valence electrons. The number of rotatable bonds is 5. The summed E-state index contributed by atoms with van der Waals surface area (Å²) < 4.78 is 88.4. The lowest BCUT2D eigenvalue weighted by molar-refractivity contribution is -0.391. The van der Waals surface area contributed by atoms with E-state index >= 15 is 0 Å². The second-order valence-electron chi connectivity index (χ2n) is 7.34. The van der Waals surface area contributed by atoms with Gasteiger partial charge in [0, 0.05) is 37.8 Å². The zero-order chi connectivity index (χ0) is 22.3. The number of fused-ring (bicyclic) bond motifs is 1. The van der Waals surface area contributed by atoms with Gasteiger partial charge in [0.05, 0.1) is 0 Å². The van der Waals surface area contributed by atoms with Crippen LogP contribution >= 0.6 is 0 Å². The number of benzene rings is 1. The first-order valence-corrected chi connectivity index (χ1v) is 10.5. The van der Waals surface area contributed by atoms with Crippen molar-refractivity contribution >= 4 is 21.8 Å². The molecule has 3 rings (SSSR count). The second kappa shape index (κ2) is 7.85. The summed E-state index contributed by atoms with van der Waals surface area (Å²) in [5, 5.41) is 2.54. The number of anilines is 1. The summed E-state index contributed by atoms with van der Waals surface area (Å²) in [4.78, 5) is 12.5. The molecule has 0 atom stereocenters. The molecule has 1 aliphatic carbocycles. The molecule has 2 N–H and O–H groups in total. The van der Waals surface area contributed by atoms with E-state index in [0.29, 0.717) is 25.7 Å². The number of hydrogen-bond donors (Lipinski definition) is 2. The van der Waals surface area contributed by atoms with Crippen molar-refractivity contribution in [3.63, 3.8) is 0 Å². The highest BCUT2D eigenvalue weighted by Gasteiger charge is 2.65. The van der Waals surface area contributed by atoms with Crippen LogP contribution in [0.2, 0.25) is 0 Å². The van der Waals surface area contributed by atoms with Crippen LogP contribution in [0.25, 0.3) is 0 Å². The third-order valence-electron chi connectivity index (χ3n) is 4.92. The van der Waals surface area contributed by atoms with Gasteiger partial charge in [-0.2, -0.15) is 35.0 Å². The number of amides is 1. The molecule has 0 spiro atoms. The van der Waals surface area contributed by atoms with E-state index in [4.69, 9.17) is 0 Å². The molecule has 1 amide bonds. The van der Waals surface area contributed by atoms with Crippen LogP contribution in [0, 0.1) is 5.92 Å². The van der Waals surface area contributed by atoms with Gasteiger partial charge in [0.2, 0.25) is 5.91 Å². The molecule has 0 unspecified atom stereocenters. The third-order valence-corrected chi connectivity index (χ3v) is 6.51. The zero-order valence-electron chi connectivity index (χ0n) is 16.1. The molecule has 0 bridgehead atoms. The summed E-state index contributed by atoms with van der Waals surface area (Å²) in [5.74, 6) is -2.00. The van der Waals surface area contributed by atoms with Crippen molar-refractivity contribution in [1.29, 1.82) is 0 Å². The fraction of sp³-hybridized carbons (Fsp3) is 0.588. The smallest absolute Gasteiger partial charge is 0.421 e. The van der Waals surface area contributed by atoms with E-state index in [0.717, 1.165) is 16.4 Å². The Balaban J connectivity index is 1.59. The van der Waals surface area contributed by atoms with Crippen molar-refractivity contribution in [2.45, 2.75) is 43.9 Å². The lowest BCUT2D eigenvalue weighted by Crippen LogP contribution is -2.52. The van der Waals surface area contributed by atoms with E-state index in [9.17, 15) is 30.8 Å². The molecule has 13 heteroatoms. The summed E-state index contributed by atoms with van der Waals surface area (Å²) >= 11 is 0. The van der Waals surface area contributed by atoms with E-state index < -0.39 is 45.8 Å². The van der Waals surface area contributed by atoms with Crippen LogP contribution in [0.4, 0.5) is 23.2 Å². The van der Waals surface area contributed by atoms with Crippen LogP contribution in [0.1, 0.15) is 25.7 Å². The quantitative estimate of drug-likeness (QED) is 0.666. The van der Waals surface area contributed by atoms with Crippen molar-refractivity contribution in [3.05, 3.63) is 18.2 Å². The predicted molar refractivity (Wildman–Crippen MR) is 97.7 cm³/mol. The molecule has 1 heterocycles. The van der Waals surface area contributed by atoms with Gasteiger partial charge in [0.15, 0.2) is 11.5 Å². The normalized spacial score (nSPS) is 25.0. The van der Waals surface area contributed by atoms with Crippen molar-refractivity contribution in [1.82, 2.24) is 9.03 Å². The van der Waals surface area contributed by atoms with E-state index in [-0.39, 0.29) is 11.7 Å². The number of carbonyl (C=O) groups is 1. The van der Waals surface area contributed by atoms with Gasteiger partial charge in [-0.1, -0.05) is 0 Å². The summed E-state index contributed by atoms with van der Waals surface area (Å²) in [6.45, 7) is 0. The van der Waals surface area contributed by atoms with Crippen LogP contribution in [-0.4, -0.2) is 51.0 Å². The molecule has 1 aliphatic heterocycles. The minimum absolute atomic E-state index is 0.0822. The van der Waals surface area contributed by atoms with Crippen molar-refractivity contribution in [2.75, 3.05) is 19.4 Å². The summed E-state index contributed by atoms with van der Waals surface area (Å²) in [6.07, 6.45) is -7.91. The first kappa shape index (κ1) is 22.6. The first-order valence-electron chi connectivity index (χ1n) is 9.09. The Morgan fingerprint density at radius 3 is 2.17 bits per heavy atom. The molecule has 0 radical (unpaired) electrons. The van der Waals surface area contributed by atoms with Gasteiger partial charge in [-0.15, -0.1) is 0 Å². The fourth-order valence-corrected chi connectivity index (χ4v) is 4.05. The van der Waals surface area contributed by atoms with Gasteiger partial charge in [0.25, 0.3) is 10.2 Å². The number of ether oxygens (including phenoxy) is 2. The lowest BCUT2D eigenvalue weighted by atomic mass is 9.86. The highest BCUT2D eigenvalue weighted by molar-refractivity contribution is 7.87. The number of nitrogens with one attached hydrogen (secondary N) is 2. The molecule has 0 saturated heterocycles. The van der Waals surface area contributed by atoms with E-state index in [1.165, 1.54) is 20.2 Å². The predicted octanol–water partition coefficient (Wildman–Crippen LogP) is 2.54. The molecule has 30 heavy (non-hydrogen) atoms. The second-order valence-corrected chi connectivity index (χ2v) is 9.26. The Bertz CT molecular complexity index is 918. The molecule has 1 saturated carbocycles. The van der Waals surface area contributed by atoms with Gasteiger partial charge >= 0.3 is 12.2 Å². The Labute approximate surface area is 170 Å². The minimum Gasteiger partial charge on any atom is -0.421 e. The molecule has 0 aromatic heterocycles. The monoisotopic (exact) mass is 455 g/mol. The van der Waals surface area contributed by atoms with Crippen LogP contribution in [0.15, 0.2) is 18.2 Å². The van der Waals surface area contributed by atoms with E-state index in [1.807, 2.05) is 0 Å². The highest BCUT2D eigenvalue weighted by Crippen LogP contribution is 2.47. The standard InChI is InChI=1S/C17H21F4N3O5S/c1-24(2)30(26,27)23-11-5-3-10(4-6-11)15(25)22-12-7-8-13-14(9-12)29-17(20,21)16(18,19)28-13/h7-11,23H,3-6H2,1-2H3,(H,22,25).